The number of nitrogens with one attached hydrogen (secondary N) is 1. The molecule has 0 heterocycles. The number of halogens is 3. The van der Waals surface area contributed by atoms with Crippen molar-refractivity contribution in [1.82, 2.24) is 0 Å². The maximum atomic E-state index is 11.9. The molecule has 0 atom stereocenters. The van der Waals surface area contributed by atoms with E-state index in [1.165, 1.54) is 24.3 Å². The molecule has 108 valence electrons. The highest BCUT2D eigenvalue weighted by Crippen LogP contribution is 2.20. The van der Waals surface area contributed by atoms with E-state index in [1.807, 2.05) is 0 Å². The number of alkyl halides is 3. The largest absolute Gasteiger partial charge is 0.484 e. The van der Waals surface area contributed by atoms with E-state index in [1.54, 1.807) is 6.92 Å². The molecule has 0 saturated heterocycles. The third kappa shape index (κ3) is 6.32. The van der Waals surface area contributed by atoms with E-state index in [9.17, 15) is 21.6 Å². The average molecular weight is 297 g/mol. The lowest BCUT2D eigenvalue weighted by atomic mass is 10.3. The Bertz CT molecular complexity index is 497. The van der Waals surface area contributed by atoms with E-state index < -0.39 is 22.8 Å². The first-order chi connectivity index (χ1) is 8.72. The van der Waals surface area contributed by atoms with Crippen LogP contribution in [0.25, 0.3) is 0 Å². The first kappa shape index (κ1) is 15.6. The van der Waals surface area contributed by atoms with E-state index in [4.69, 9.17) is 0 Å². The Hall–Kier alpha value is -1.44. The summed E-state index contributed by atoms with van der Waals surface area (Å²) < 4.78 is 65.4. The minimum Gasteiger partial charge on any atom is -0.484 e. The fourth-order valence-corrected chi connectivity index (χ4v) is 2.42. The van der Waals surface area contributed by atoms with Crippen molar-refractivity contribution in [3.05, 3.63) is 24.3 Å². The molecule has 8 heteroatoms. The third-order valence-electron chi connectivity index (χ3n) is 2.00. The molecule has 0 spiro atoms. The van der Waals surface area contributed by atoms with Crippen LogP contribution in [-0.4, -0.2) is 27.0 Å². The molecule has 0 aliphatic carbocycles. The molecule has 1 rings (SSSR count). The summed E-state index contributed by atoms with van der Waals surface area (Å²) in [6, 6.07) is 5.24. The second kappa shape index (κ2) is 6.14. The van der Waals surface area contributed by atoms with Crippen molar-refractivity contribution >= 4 is 15.7 Å². The normalized spacial score (nSPS) is 12.2. The highest BCUT2D eigenvalue weighted by atomic mass is 32.2. The van der Waals surface area contributed by atoms with E-state index in [0.717, 1.165) is 0 Å². The van der Waals surface area contributed by atoms with Gasteiger partial charge in [-0.15, -0.1) is 0 Å². The smallest absolute Gasteiger partial charge is 0.422 e. The van der Waals surface area contributed by atoms with Gasteiger partial charge in [-0.3, -0.25) is 4.72 Å². The number of ether oxygens (including phenoxy) is 1. The van der Waals surface area contributed by atoms with Crippen molar-refractivity contribution in [3.8, 4) is 5.75 Å². The zero-order valence-corrected chi connectivity index (χ0v) is 11.0. The molecule has 1 aromatic carbocycles. The Morgan fingerprint density at radius 1 is 1.21 bits per heavy atom. The molecule has 1 aromatic rings. The van der Waals surface area contributed by atoms with Gasteiger partial charge in [0, 0.05) is 5.69 Å². The van der Waals surface area contributed by atoms with Gasteiger partial charge in [-0.25, -0.2) is 8.42 Å². The fourth-order valence-electron chi connectivity index (χ4n) is 1.28. The van der Waals surface area contributed by atoms with Gasteiger partial charge in [-0.2, -0.15) is 13.2 Å². The molecule has 19 heavy (non-hydrogen) atoms. The van der Waals surface area contributed by atoms with E-state index in [2.05, 4.69) is 9.46 Å². The van der Waals surface area contributed by atoms with Crippen LogP contribution in [-0.2, 0) is 10.0 Å². The van der Waals surface area contributed by atoms with Gasteiger partial charge in [0.2, 0.25) is 10.0 Å². The number of anilines is 1. The maximum absolute atomic E-state index is 11.9. The summed E-state index contributed by atoms with van der Waals surface area (Å²) in [6.07, 6.45) is -3.93. The molecule has 0 aromatic heterocycles. The van der Waals surface area contributed by atoms with Crippen molar-refractivity contribution in [2.24, 2.45) is 0 Å². The highest BCUT2D eigenvalue weighted by molar-refractivity contribution is 7.92. The molecule has 0 aliphatic rings. The molecular formula is C11H14F3NO3S. The Morgan fingerprint density at radius 2 is 1.79 bits per heavy atom. The van der Waals surface area contributed by atoms with Gasteiger partial charge in [-0.1, -0.05) is 6.92 Å². The second-order valence-electron chi connectivity index (χ2n) is 3.85. The molecule has 0 fully saturated rings. The van der Waals surface area contributed by atoms with Crippen LogP contribution in [0.1, 0.15) is 13.3 Å². The topological polar surface area (TPSA) is 55.4 Å². The lowest BCUT2D eigenvalue weighted by Crippen LogP contribution is -2.19. The number of hydrogen-bond acceptors (Lipinski definition) is 3. The lowest BCUT2D eigenvalue weighted by molar-refractivity contribution is -0.153. The minimum atomic E-state index is -4.40. The SMILES string of the molecule is CCCS(=O)(=O)Nc1ccc(OCC(F)(F)F)cc1. The molecule has 0 unspecified atom stereocenters. The van der Waals surface area contributed by atoms with Gasteiger partial charge in [0.25, 0.3) is 0 Å². The molecule has 4 nitrogen and oxygen atoms in total. The molecule has 0 amide bonds. The molecule has 0 bridgehead atoms. The van der Waals surface area contributed by atoms with E-state index in [0.29, 0.717) is 6.42 Å². The zero-order chi connectivity index (χ0) is 14.5. The number of rotatable bonds is 6. The van der Waals surface area contributed by atoms with Crippen LogP contribution in [0.2, 0.25) is 0 Å². The molecule has 1 N–H and O–H groups in total. The van der Waals surface area contributed by atoms with E-state index >= 15 is 0 Å². The molecule has 0 aliphatic heterocycles. The standard InChI is InChI=1S/C11H14F3NO3S/c1-2-7-19(16,17)15-9-3-5-10(6-4-9)18-8-11(12,13)14/h3-6,15H,2,7-8H2,1H3. The summed E-state index contributed by atoms with van der Waals surface area (Å²) in [5.74, 6) is 0.00930. The van der Waals surface area contributed by atoms with Crippen LogP contribution in [0.4, 0.5) is 18.9 Å². The lowest BCUT2D eigenvalue weighted by Gasteiger charge is -2.10. The summed E-state index contributed by atoms with van der Waals surface area (Å²) in [6.45, 7) is 0.348. The minimum absolute atomic E-state index is 0.0146. The monoisotopic (exact) mass is 297 g/mol. The van der Waals surface area contributed by atoms with Crippen LogP contribution < -0.4 is 9.46 Å². The summed E-state index contributed by atoms with van der Waals surface area (Å²) in [7, 11) is -3.40. The quantitative estimate of drug-likeness (QED) is 0.878. The third-order valence-corrected chi connectivity index (χ3v) is 3.50. The van der Waals surface area contributed by atoms with Crippen molar-refractivity contribution in [2.45, 2.75) is 19.5 Å². The van der Waals surface area contributed by atoms with Crippen molar-refractivity contribution in [2.75, 3.05) is 17.1 Å². The second-order valence-corrected chi connectivity index (χ2v) is 5.69. The van der Waals surface area contributed by atoms with Crippen LogP contribution in [0.15, 0.2) is 24.3 Å². The summed E-state index contributed by atoms with van der Waals surface area (Å²) in [5.41, 5.74) is 0.285. The van der Waals surface area contributed by atoms with Gasteiger partial charge >= 0.3 is 6.18 Å². The van der Waals surface area contributed by atoms with Gasteiger partial charge in [0.1, 0.15) is 5.75 Å². The maximum Gasteiger partial charge on any atom is 0.422 e. The Morgan fingerprint density at radius 3 is 2.26 bits per heavy atom. The van der Waals surface area contributed by atoms with Crippen LogP contribution in [0, 0.1) is 0 Å². The number of hydrogen-bond donors (Lipinski definition) is 1. The van der Waals surface area contributed by atoms with Gasteiger partial charge in [-0.05, 0) is 30.7 Å². The first-order valence-electron chi connectivity index (χ1n) is 5.52. The van der Waals surface area contributed by atoms with Crippen molar-refractivity contribution in [1.29, 1.82) is 0 Å². The Balaban J connectivity index is 2.62. The van der Waals surface area contributed by atoms with Crippen molar-refractivity contribution in [3.63, 3.8) is 0 Å². The number of benzene rings is 1. The predicted octanol–water partition coefficient (Wildman–Crippen LogP) is 2.78. The molecule has 0 radical (unpaired) electrons. The summed E-state index contributed by atoms with van der Waals surface area (Å²) >= 11 is 0. The van der Waals surface area contributed by atoms with Gasteiger partial charge in [0.05, 0.1) is 5.75 Å². The average Bonchev–Trinajstić information content (AvgIpc) is 2.26. The molecule has 0 saturated carbocycles. The van der Waals surface area contributed by atoms with Crippen LogP contribution in [0.5, 0.6) is 5.75 Å². The Kier molecular flexibility index (Phi) is 5.04. The van der Waals surface area contributed by atoms with Crippen LogP contribution >= 0.6 is 0 Å². The first-order valence-corrected chi connectivity index (χ1v) is 7.17. The molecular weight excluding hydrogens is 283 g/mol. The zero-order valence-electron chi connectivity index (χ0n) is 10.2. The predicted molar refractivity (Wildman–Crippen MR) is 65.7 cm³/mol. The number of sulfonamides is 1. The highest BCUT2D eigenvalue weighted by Gasteiger charge is 2.28. The van der Waals surface area contributed by atoms with Crippen molar-refractivity contribution < 1.29 is 26.3 Å². The van der Waals surface area contributed by atoms with Gasteiger partial charge < -0.3 is 4.74 Å². The Labute approximate surface area is 109 Å². The van der Waals surface area contributed by atoms with Gasteiger partial charge in [0.15, 0.2) is 6.61 Å². The fraction of sp³-hybridized carbons (Fsp3) is 0.455. The summed E-state index contributed by atoms with van der Waals surface area (Å²) in [5, 5.41) is 0. The summed E-state index contributed by atoms with van der Waals surface area (Å²) in [4.78, 5) is 0. The van der Waals surface area contributed by atoms with E-state index in [-0.39, 0.29) is 17.2 Å². The van der Waals surface area contributed by atoms with Crippen LogP contribution in [0.3, 0.4) is 0 Å².